The molecule has 18 heavy (non-hydrogen) atoms. The minimum absolute atomic E-state index is 0.609. The van der Waals surface area contributed by atoms with E-state index in [4.69, 9.17) is 23.2 Å². The molecule has 5 heteroatoms. The summed E-state index contributed by atoms with van der Waals surface area (Å²) in [5.74, 6) is 0. The van der Waals surface area contributed by atoms with Crippen LogP contribution in [0.2, 0.25) is 10.0 Å². The Morgan fingerprint density at radius 3 is 2.72 bits per heavy atom. The molecule has 0 atom stereocenters. The Kier molecular flexibility index (Phi) is 5.52. The van der Waals surface area contributed by atoms with E-state index in [-0.39, 0.29) is 0 Å². The Hall–Kier alpha value is -0.0600. The van der Waals surface area contributed by atoms with Crippen molar-refractivity contribution in [2.45, 2.75) is 13.0 Å². The molecular formula is C13H12BrCl2NS. The molecule has 1 aromatic heterocycles. The highest BCUT2D eigenvalue weighted by Gasteiger charge is 2.03. The van der Waals surface area contributed by atoms with Gasteiger partial charge < -0.3 is 5.32 Å². The highest BCUT2D eigenvalue weighted by Crippen LogP contribution is 2.25. The van der Waals surface area contributed by atoms with Crippen molar-refractivity contribution in [3.63, 3.8) is 0 Å². The number of halogens is 3. The van der Waals surface area contributed by atoms with Gasteiger partial charge in [0.15, 0.2) is 0 Å². The fourth-order valence-electron chi connectivity index (χ4n) is 1.61. The first-order valence-electron chi connectivity index (χ1n) is 5.54. The van der Waals surface area contributed by atoms with Crippen LogP contribution in [-0.2, 0) is 13.0 Å². The van der Waals surface area contributed by atoms with Gasteiger partial charge >= 0.3 is 0 Å². The second-order valence-electron chi connectivity index (χ2n) is 3.85. The number of hydrogen-bond acceptors (Lipinski definition) is 2. The molecule has 0 unspecified atom stereocenters. The molecule has 0 saturated heterocycles. The largest absolute Gasteiger partial charge is 0.312 e. The van der Waals surface area contributed by atoms with Gasteiger partial charge in [0.05, 0.1) is 13.8 Å². The summed E-state index contributed by atoms with van der Waals surface area (Å²) >= 11 is 17.3. The molecule has 0 amide bonds. The van der Waals surface area contributed by atoms with Crippen LogP contribution < -0.4 is 5.32 Å². The van der Waals surface area contributed by atoms with Crippen LogP contribution in [-0.4, -0.2) is 6.54 Å². The van der Waals surface area contributed by atoms with Crippen LogP contribution in [0.25, 0.3) is 0 Å². The van der Waals surface area contributed by atoms with Crippen LogP contribution in [0, 0.1) is 0 Å². The van der Waals surface area contributed by atoms with E-state index in [0.29, 0.717) is 10.0 Å². The van der Waals surface area contributed by atoms with E-state index in [2.05, 4.69) is 33.4 Å². The van der Waals surface area contributed by atoms with Crippen LogP contribution in [0.4, 0.5) is 0 Å². The lowest BCUT2D eigenvalue weighted by Crippen LogP contribution is -2.16. The second kappa shape index (κ2) is 6.92. The summed E-state index contributed by atoms with van der Waals surface area (Å²) in [6.07, 6.45) is 1.02. The van der Waals surface area contributed by atoms with Gasteiger partial charge in [0.25, 0.3) is 0 Å². The molecule has 0 spiro atoms. The van der Waals surface area contributed by atoms with E-state index in [1.54, 1.807) is 17.4 Å². The SMILES string of the molecule is Clc1cccc(CNCCc2ccc(Br)s2)c1Cl. The van der Waals surface area contributed by atoms with E-state index in [1.807, 2.05) is 12.1 Å². The average molecular weight is 365 g/mol. The van der Waals surface area contributed by atoms with E-state index in [1.165, 1.54) is 8.66 Å². The van der Waals surface area contributed by atoms with Gasteiger partial charge in [-0.25, -0.2) is 0 Å². The maximum Gasteiger partial charge on any atom is 0.0701 e. The van der Waals surface area contributed by atoms with Crippen molar-refractivity contribution in [3.8, 4) is 0 Å². The third kappa shape index (κ3) is 3.97. The van der Waals surface area contributed by atoms with Crippen LogP contribution in [0.15, 0.2) is 34.1 Å². The van der Waals surface area contributed by atoms with Gasteiger partial charge in [-0.2, -0.15) is 0 Å². The fraction of sp³-hybridized carbons (Fsp3) is 0.231. The minimum atomic E-state index is 0.609. The molecule has 1 heterocycles. The number of hydrogen-bond donors (Lipinski definition) is 1. The average Bonchev–Trinajstić information content (AvgIpc) is 2.76. The molecule has 1 nitrogen and oxygen atoms in total. The predicted molar refractivity (Wildman–Crippen MR) is 83.9 cm³/mol. The van der Waals surface area contributed by atoms with Gasteiger partial charge in [0.2, 0.25) is 0 Å². The molecule has 96 valence electrons. The second-order valence-corrected chi connectivity index (χ2v) is 7.18. The van der Waals surface area contributed by atoms with E-state index >= 15 is 0 Å². The summed E-state index contributed by atoms with van der Waals surface area (Å²) in [4.78, 5) is 1.37. The Morgan fingerprint density at radius 2 is 2.00 bits per heavy atom. The fourth-order valence-corrected chi connectivity index (χ4v) is 3.48. The minimum Gasteiger partial charge on any atom is -0.312 e. The molecule has 0 aliphatic rings. The van der Waals surface area contributed by atoms with Crippen LogP contribution >= 0.6 is 50.5 Å². The smallest absolute Gasteiger partial charge is 0.0701 e. The van der Waals surface area contributed by atoms with Gasteiger partial charge in [-0.1, -0.05) is 35.3 Å². The van der Waals surface area contributed by atoms with Gasteiger partial charge in [-0.15, -0.1) is 11.3 Å². The van der Waals surface area contributed by atoms with Crippen molar-refractivity contribution in [1.29, 1.82) is 0 Å². The van der Waals surface area contributed by atoms with Crippen LogP contribution in [0.1, 0.15) is 10.4 Å². The molecule has 0 bridgehead atoms. The van der Waals surface area contributed by atoms with Gasteiger partial charge in [-0.05, 0) is 46.1 Å². The highest BCUT2D eigenvalue weighted by atomic mass is 79.9. The predicted octanol–water partition coefficient (Wildman–Crippen LogP) is 5.15. The Balaban J connectivity index is 1.80. The summed E-state index contributed by atoms with van der Waals surface area (Å²) in [6, 6.07) is 9.93. The van der Waals surface area contributed by atoms with Crippen molar-refractivity contribution < 1.29 is 0 Å². The van der Waals surface area contributed by atoms with Crippen LogP contribution in [0.3, 0.4) is 0 Å². The molecular weight excluding hydrogens is 353 g/mol. The number of benzene rings is 1. The van der Waals surface area contributed by atoms with Crippen molar-refractivity contribution >= 4 is 50.5 Å². The van der Waals surface area contributed by atoms with Crippen molar-refractivity contribution in [3.05, 3.63) is 54.6 Å². The summed E-state index contributed by atoms with van der Waals surface area (Å²) < 4.78 is 1.18. The first-order chi connectivity index (χ1) is 8.66. The lowest BCUT2D eigenvalue weighted by Gasteiger charge is -2.07. The first kappa shape index (κ1) is 14.4. The molecule has 1 aromatic carbocycles. The molecule has 1 N–H and O–H groups in total. The standard InChI is InChI=1S/C13H12BrCl2NS/c14-12-5-4-10(18-12)6-7-17-8-9-2-1-3-11(15)13(9)16/h1-5,17H,6-8H2. The normalized spacial score (nSPS) is 10.8. The molecule has 0 radical (unpaired) electrons. The van der Waals surface area contributed by atoms with Crippen molar-refractivity contribution in [2.24, 2.45) is 0 Å². The zero-order chi connectivity index (χ0) is 13.0. The van der Waals surface area contributed by atoms with Gasteiger partial charge in [0.1, 0.15) is 0 Å². The first-order valence-corrected chi connectivity index (χ1v) is 7.91. The van der Waals surface area contributed by atoms with Crippen molar-refractivity contribution in [1.82, 2.24) is 5.32 Å². The van der Waals surface area contributed by atoms with E-state index < -0.39 is 0 Å². The topological polar surface area (TPSA) is 12.0 Å². The number of rotatable bonds is 5. The summed E-state index contributed by atoms with van der Waals surface area (Å²) in [7, 11) is 0. The summed E-state index contributed by atoms with van der Waals surface area (Å²) in [6.45, 7) is 1.67. The lowest BCUT2D eigenvalue weighted by molar-refractivity contribution is 0.691. The summed E-state index contributed by atoms with van der Waals surface area (Å²) in [5, 5.41) is 4.63. The Bertz CT molecular complexity index is 527. The molecule has 0 saturated carbocycles. The lowest BCUT2D eigenvalue weighted by atomic mass is 10.2. The third-order valence-corrected chi connectivity index (χ3v) is 5.07. The molecule has 2 rings (SSSR count). The van der Waals surface area contributed by atoms with E-state index in [9.17, 15) is 0 Å². The number of nitrogens with one attached hydrogen (secondary N) is 1. The Labute approximate surface area is 129 Å². The number of thiophene rings is 1. The zero-order valence-corrected chi connectivity index (χ0v) is 13.5. The maximum absolute atomic E-state index is 6.12. The molecule has 0 aliphatic carbocycles. The highest BCUT2D eigenvalue weighted by molar-refractivity contribution is 9.11. The quantitative estimate of drug-likeness (QED) is 0.723. The van der Waals surface area contributed by atoms with Gasteiger partial charge in [-0.3, -0.25) is 0 Å². The van der Waals surface area contributed by atoms with Gasteiger partial charge in [0, 0.05) is 18.0 Å². The third-order valence-electron chi connectivity index (χ3n) is 2.52. The zero-order valence-electron chi connectivity index (χ0n) is 9.55. The van der Waals surface area contributed by atoms with Crippen molar-refractivity contribution in [2.75, 3.05) is 6.54 Å². The van der Waals surface area contributed by atoms with Crippen LogP contribution in [0.5, 0.6) is 0 Å². The molecule has 0 fully saturated rings. The Morgan fingerprint density at radius 1 is 1.17 bits per heavy atom. The molecule has 2 aromatic rings. The van der Waals surface area contributed by atoms with E-state index in [0.717, 1.165) is 25.1 Å². The molecule has 0 aliphatic heterocycles. The maximum atomic E-state index is 6.12. The monoisotopic (exact) mass is 363 g/mol. The summed E-state index contributed by atoms with van der Waals surface area (Å²) in [5.41, 5.74) is 1.04.